The van der Waals surface area contributed by atoms with Gasteiger partial charge in [-0.05, 0) is 48.9 Å². The molecule has 0 bridgehead atoms. The fourth-order valence-electron chi connectivity index (χ4n) is 3.27. The van der Waals surface area contributed by atoms with Gasteiger partial charge in [-0.3, -0.25) is 14.4 Å². The van der Waals surface area contributed by atoms with Crippen molar-refractivity contribution in [3.63, 3.8) is 0 Å². The van der Waals surface area contributed by atoms with Crippen LogP contribution >= 0.6 is 0 Å². The molecule has 4 rings (SSSR count). The first-order valence-electron chi connectivity index (χ1n) is 8.44. The zero-order valence-corrected chi connectivity index (χ0v) is 14.2. The quantitative estimate of drug-likeness (QED) is 0.619. The zero-order valence-electron chi connectivity index (χ0n) is 14.2. The molecular formula is C20H16N2O5. The zero-order chi connectivity index (χ0) is 19.0. The molecule has 0 aliphatic heterocycles. The summed E-state index contributed by atoms with van der Waals surface area (Å²) >= 11 is 0. The number of hydrogen-bond donors (Lipinski definition) is 3. The normalized spacial score (nSPS) is 16.0. The van der Waals surface area contributed by atoms with Crippen molar-refractivity contribution in [3.8, 4) is 5.75 Å². The number of phenolic OH excluding ortho intramolecular Hbond substituents is 1. The number of fused-ring (bicyclic) bond motifs is 1. The van der Waals surface area contributed by atoms with Crippen molar-refractivity contribution >= 4 is 17.4 Å². The van der Waals surface area contributed by atoms with Crippen LogP contribution in [0.1, 0.15) is 44.5 Å². The van der Waals surface area contributed by atoms with Crippen molar-refractivity contribution in [3.05, 3.63) is 81.7 Å². The number of pyridine rings is 1. The number of furan rings is 1. The van der Waals surface area contributed by atoms with Gasteiger partial charge < -0.3 is 19.8 Å². The molecule has 0 radical (unpaired) electrons. The molecule has 0 saturated heterocycles. The van der Waals surface area contributed by atoms with Gasteiger partial charge in [0.25, 0.3) is 11.5 Å². The summed E-state index contributed by atoms with van der Waals surface area (Å²) in [5.74, 6) is -0.133. The van der Waals surface area contributed by atoms with Gasteiger partial charge in [-0.25, -0.2) is 0 Å². The summed E-state index contributed by atoms with van der Waals surface area (Å²) in [7, 11) is 0. The Bertz CT molecular complexity index is 1060. The fraction of sp³-hybridized carbons (Fsp3) is 0.150. The molecule has 3 N–H and O–H groups in total. The Morgan fingerprint density at radius 1 is 1.15 bits per heavy atom. The number of Topliss-reactive ketones (excluding diaryl/α,β-unsaturated/α-hetero) is 1. The number of H-pyrrole nitrogens is 1. The second-order valence-corrected chi connectivity index (χ2v) is 6.45. The monoisotopic (exact) mass is 364 g/mol. The first-order chi connectivity index (χ1) is 13.0. The van der Waals surface area contributed by atoms with Crippen LogP contribution in [0, 0.1) is 0 Å². The van der Waals surface area contributed by atoms with E-state index < -0.39 is 11.5 Å². The maximum Gasteiger partial charge on any atom is 0.261 e. The van der Waals surface area contributed by atoms with Gasteiger partial charge in [0.15, 0.2) is 5.78 Å². The smallest absolute Gasteiger partial charge is 0.261 e. The Hall–Kier alpha value is -3.61. The van der Waals surface area contributed by atoms with E-state index in [0.717, 1.165) is 0 Å². The van der Waals surface area contributed by atoms with Gasteiger partial charge in [0, 0.05) is 29.3 Å². The number of ketones is 1. The number of aromatic amines is 1. The Balaban J connectivity index is 1.62. The van der Waals surface area contributed by atoms with Crippen molar-refractivity contribution in [1.82, 2.24) is 4.98 Å². The maximum atomic E-state index is 12.5. The van der Waals surface area contributed by atoms with Crippen molar-refractivity contribution < 1.29 is 19.1 Å². The second-order valence-electron chi connectivity index (χ2n) is 6.45. The molecule has 136 valence electrons. The summed E-state index contributed by atoms with van der Waals surface area (Å²) in [4.78, 5) is 40.1. The van der Waals surface area contributed by atoms with Crippen LogP contribution < -0.4 is 10.9 Å². The van der Waals surface area contributed by atoms with Crippen molar-refractivity contribution in [2.45, 2.75) is 18.8 Å². The second kappa shape index (κ2) is 6.60. The highest BCUT2D eigenvalue weighted by molar-refractivity contribution is 6.06. The number of aromatic nitrogens is 1. The van der Waals surface area contributed by atoms with E-state index in [-0.39, 0.29) is 29.4 Å². The predicted molar refractivity (Wildman–Crippen MR) is 97.2 cm³/mol. The molecule has 7 nitrogen and oxygen atoms in total. The van der Waals surface area contributed by atoms with Crippen molar-refractivity contribution in [2.24, 2.45) is 0 Å². The number of rotatable bonds is 3. The molecule has 0 spiro atoms. The standard InChI is InChI=1S/C20H16N2O5/c23-13-5-3-12(4-6-13)21-19(25)15-10-14-16(22-20(15)26)8-11(9-17(14)24)18-2-1-7-27-18/h1-7,10-11,23H,8-9H2,(H,21,25)(H,22,26). The van der Waals surface area contributed by atoms with Crippen LogP contribution in [-0.4, -0.2) is 21.8 Å². The van der Waals surface area contributed by atoms with E-state index in [1.165, 1.54) is 30.3 Å². The molecule has 0 saturated carbocycles. The number of carbonyl (C=O) groups excluding carboxylic acids is 2. The Labute approximate surface area is 153 Å². The van der Waals surface area contributed by atoms with Crippen LogP contribution in [0.2, 0.25) is 0 Å². The molecule has 27 heavy (non-hydrogen) atoms. The molecule has 7 heteroatoms. The molecule has 1 amide bonds. The van der Waals surface area contributed by atoms with Gasteiger partial charge in [-0.1, -0.05) is 0 Å². The molecule has 1 atom stereocenters. The summed E-state index contributed by atoms with van der Waals surface area (Å²) in [6.07, 6.45) is 2.27. The summed E-state index contributed by atoms with van der Waals surface area (Å²) < 4.78 is 5.38. The van der Waals surface area contributed by atoms with Gasteiger partial charge in [-0.2, -0.15) is 0 Å². The molecule has 1 aliphatic carbocycles. The van der Waals surface area contributed by atoms with E-state index in [4.69, 9.17) is 4.42 Å². The average molecular weight is 364 g/mol. The molecule has 1 aliphatic rings. The van der Waals surface area contributed by atoms with Crippen LogP contribution in [0.25, 0.3) is 0 Å². The summed E-state index contributed by atoms with van der Waals surface area (Å²) in [5, 5.41) is 11.9. The number of hydrogen-bond acceptors (Lipinski definition) is 5. The number of carbonyl (C=O) groups is 2. The lowest BCUT2D eigenvalue weighted by Crippen LogP contribution is -2.29. The predicted octanol–water partition coefficient (Wildman–Crippen LogP) is 2.84. The third kappa shape index (κ3) is 3.27. The Morgan fingerprint density at radius 3 is 2.63 bits per heavy atom. The number of anilines is 1. The molecule has 1 unspecified atom stereocenters. The van der Waals surface area contributed by atoms with E-state index in [9.17, 15) is 19.5 Å². The summed E-state index contributed by atoms with van der Waals surface area (Å²) in [6.45, 7) is 0. The number of benzene rings is 1. The van der Waals surface area contributed by atoms with Crippen molar-refractivity contribution in [1.29, 1.82) is 0 Å². The van der Waals surface area contributed by atoms with Crippen molar-refractivity contribution in [2.75, 3.05) is 5.32 Å². The molecule has 3 aromatic rings. The van der Waals surface area contributed by atoms with E-state index in [1.807, 2.05) is 0 Å². The SMILES string of the molecule is O=C1CC(c2ccco2)Cc2[nH]c(=O)c(C(=O)Nc3ccc(O)cc3)cc21. The summed E-state index contributed by atoms with van der Waals surface area (Å²) in [5.41, 5.74) is 0.607. The molecular weight excluding hydrogens is 348 g/mol. The highest BCUT2D eigenvalue weighted by atomic mass is 16.3. The Kier molecular flexibility index (Phi) is 4.12. The van der Waals surface area contributed by atoms with Crippen LogP contribution in [-0.2, 0) is 6.42 Å². The molecule has 1 aromatic carbocycles. The third-order valence-corrected chi connectivity index (χ3v) is 4.62. The lowest BCUT2D eigenvalue weighted by atomic mass is 9.84. The number of nitrogens with one attached hydrogen (secondary N) is 2. The topological polar surface area (TPSA) is 112 Å². The van der Waals surface area contributed by atoms with E-state index in [1.54, 1.807) is 18.4 Å². The molecule has 0 fully saturated rings. The Morgan fingerprint density at radius 2 is 1.93 bits per heavy atom. The van der Waals surface area contributed by atoms with E-state index >= 15 is 0 Å². The van der Waals surface area contributed by atoms with Gasteiger partial charge in [0.2, 0.25) is 0 Å². The first kappa shape index (κ1) is 16.8. The van der Waals surface area contributed by atoms with Crippen LogP contribution in [0.4, 0.5) is 5.69 Å². The summed E-state index contributed by atoms with van der Waals surface area (Å²) in [6, 6.07) is 10.8. The van der Waals surface area contributed by atoms with Gasteiger partial charge >= 0.3 is 0 Å². The minimum Gasteiger partial charge on any atom is -0.508 e. The van der Waals surface area contributed by atoms with Gasteiger partial charge in [-0.15, -0.1) is 0 Å². The minimum atomic E-state index is -0.620. The number of phenols is 1. The van der Waals surface area contributed by atoms with Gasteiger partial charge in [0.05, 0.1) is 6.26 Å². The first-order valence-corrected chi connectivity index (χ1v) is 8.44. The highest BCUT2D eigenvalue weighted by Gasteiger charge is 2.30. The van der Waals surface area contributed by atoms with Crippen LogP contribution in [0.3, 0.4) is 0 Å². The van der Waals surface area contributed by atoms with Crippen LogP contribution in [0.15, 0.2) is 57.9 Å². The third-order valence-electron chi connectivity index (χ3n) is 4.62. The maximum absolute atomic E-state index is 12.5. The molecule has 2 aromatic heterocycles. The molecule has 2 heterocycles. The van der Waals surface area contributed by atoms with Gasteiger partial charge in [0.1, 0.15) is 17.1 Å². The number of aromatic hydroxyl groups is 1. The van der Waals surface area contributed by atoms with Crippen LogP contribution in [0.5, 0.6) is 5.75 Å². The van der Waals surface area contributed by atoms with E-state index in [2.05, 4.69) is 10.3 Å². The number of amides is 1. The fourth-order valence-corrected chi connectivity index (χ4v) is 3.27. The van der Waals surface area contributed by atoms with E-state index in [0.29, 0.717) is 29.1 Å². The largest absolute Gasteiger partial charge is 0.508 e. The lowest BCUT2D eigenvalue weighted by Gasteiger charge is -2.22. The lowest BCUT2D eigenvalue weighted by molar-refractivity contribution is 0.0959. The highest BCUT2D eigenvalue weighted by Crippen LogP contribution is 2.31. The minimum absolute atomic E-state index is 0.0661. The average Bonchev–Trinajstić information content (AvgIpc) is 3.17.